The summed E-state index contributed by atoms with van der Waals surface area (Å²) < 4.78 is 0. The Morgan fingerprint density at radius 3 is 2.27 bits per heavy atom. The maximum absolute atomic E-state index is 11.1. The van der Waals surface area contributed by atoms with Gasteiger partial charge in [0.25, 0.3) is 0 Å². The maximum atomic E-state index is 11.1. The van der Waals surface area contributed by atoms with Crippen molar-refractivity contribution in [3.8, 4) is 0 Å². The smallest absolute Gasteiger partial charge is 0.314 e. The molecule has 88 valence electrons. The molecule has 0 saturated carbocycles. The molecule has 3 N–H and O–H groups in total. The molecule has 0 aliphatic rings. The molecule has 0 aliphatic carbocycles. The molecular formula is C10H21N3O2. The number of rotatable bonds is 7. The number of unbranched alkanes of at least 4 members (excludes halogenated alkanes) is 1. The highest BCUT2D eigenvalue weighted by Gasteiger charge is 2.01. The lowest BCUT2D eigenvalue weighted by molar-refractivity contribution is -0.120. The molecule has 0 unspecified atom stereocenters. The van der Waals surface area contributed by atoms with Crippen LogP contribution >= 0.6 is 0 Å². The first-order valence-electron chi connectivity index (χ1n) is 5.49. The summed E-state index contributed by atoms with van der Waals surface area (Å²) in [4.78, 5) is 22.1. The van der Waals surface area contributed by atoms with E-state index in [1.54, 1.807) is 0 Å². The van der Waals surface area contributed by atoms with E-state index in [0.29, 0.717) is 26.1 Å². The fourth-order valence-corrected chi connectivity index (χ4v) is 1.02. The highest BCUT2D eigenvalue weighted by Crippen LogP contribution is 1.82. The van der Waals surface area contributed by atoms with E-state index in [4.69, 9.17) is 0 Å². The molecule has 0 spiro atoms. The van der Waals surface area contributed by atoms with Gasteiger partial charge in [-0.2, -0.15) is 0 Å². The number of nitrogens with one attached hydrogen (secondary N) is 3. The SMILES string of the molecule is CCCCNC(=O)NCCC(=O)NCC. The second-order valence-electron chi connectivity index (χ2n) is 3.24. The Bertz CT molecular complexity index is 195. The molecule has 0 aromatic rings. The van der Waals surface area contributed by atoms with Crippen molar-refractivity contribution in [2.75, 3.05) is 19.6 Å². The van der Waals surface area contributed by atoms with Crippen molar-refractivity contribution in [1.29, 1.82) is 0 Å². The lowest BCUT2D eigenvalue weighted by atomic mass is 10.3. The van der Waals surface area contributed by atoms with E-state index in [-0.39, 0.29) is 11.9 Å². The topological polar surface area (TPSA) is 70.2 Å². The van der Waals surface area contributed by atoms with Crippen LogP contribution in [-0.2, 0) is 4.79 Å². The van der Waals surface area contributed by atoms with Crippen LogP contribution < -0.4 is 16.0 Å². The Morgan fingerprint density at radius 1 is 1.00 bits per heavy atom. The number of carbonyl (C=O) groups is 2. The Kier molecular flexibility index (Phi) is 8.52. The summed E-state index contributed by atoms with van der Waals surface area (Å²) in [6, 6.07) is -0.201. The summed E-state index contributed by atoms with van der Waals surface area (Å²) in [5, 5.41) is 7.99. The molecular weight excluding hydrogens is 194 g/mol. The Hall–Kier alpha value is -1.26. The Labute approximate surface area is 91.0 Å². The minimum Gasteiger partial charge on any atom is -0.356 e. The minimum atomic E-state index is -0.201. The van der Waals surface area contributed by atoms with Gasteiger partial charge in [0.2, 0.25) is 5.91 Å². The van der Waals surface area contributed by atoms with Gasteiger partial charge in [0.15, 0.2) is 0 Å². The third-order valence-corrected chi connectivity index (χ3v) is 1.83. The fourth-order valence-electron chi connectivity index (χ4n) is 1.02. The van der Waals surface area contributed by atoms with Crippen LogP contribution in [0.25, 0.3) is 0 Å². The number of urea groups is 1. The summed E-state index contributed by atoms with van der Waals surface area (Å²) >= 11 is 0. The summed E-state index contributed by atoms with van der Waals surface area (Å²) in [6.45, 7) is 5.62. The molecule has 3 amide bonds. The second-order valence-corrected chi connectivity index (χ2v) is 3.24. The monoisotopic (exact) mass is 215 g/mol. The highest BCUT2D eigenvalue weighted by atomic mass is 16.2. The van der Waals surface area contributed by atoms with Crippen LogP contribution in [0.1, 0.15) is 33.1 Å². The average Bonchev–Trinajstić information content (AvgIpc) is 2.18. The molecule has 0 aromatic carbocycles. The lowest BCUT2D eigenvalue weighted by Crippen LogP contribution is -2.38. The molecule has 0 aromatic heterocycles. The van der Waals surface area contributed by atoms with Crippen molar-refractivity contribution in [3.05, 3.63) is 0 Å². The van der Waals surface area contributed by atoms with Crippen molar-refractivity contribution in [2.45, 2.75) is 33.1 Å². The number of hydrogen-bond donors (Lipinski definition) is 3. The van der Waals surface area contributed by atoms with Crippen LogP contribution in [0.3, 0.4) is 0 Å². The molecule has 0 bridgehead atoms. The van der Waals surface area contributed by atoms with E-state index < -0.39 is 0 Å². The lowest BCUT2D eigenvalue weighted by Gasteiger charge is -2.06. The van der Waals surface area contributed by atoms with Crippen molar-refractivity contribution in [1.82, 2.24) is 16.0 Å². The summed E-state index contributed by atoms with van der Waals surface area (Å²) in [5.74, 6) is -0.0358. The molecule has 0 heterocycles. The van der Waals surface area contributed by atoms with Gasteiger partial charge in [-0.3, -0.25) is 4.79 Å². The van der Waals surface area contributed by atoms with Gasteiger partial charge < -0.3 is 16.0 Å². The predicted octanol–water partition coefficient (Wildman–Crippen LogP) is 0.612. The van der Waals surface area contributed by atoms with E-state index in [1.165, 1.54) is 0 Å². The van der Waals surface area contributed by atoms with E-state index >= 15 is 0 Å². The number of hydrogen-bond acceptors (Lipinski definition) is 2. The van der Waals surface area contributed by atoms with E-state index in [1.807, 2.05) is 6.92 Å². The normalized spacial score (nSPS) is 9.47. The van der Waals surface area contributed by atoms with Gasteiger partial charge >= 0.3 is 6.03 Å². The Morgan fingerprint density at radius 2 is 1.67 bits per heavy atom. The molecule has 0 rings (SSSR count). The highest BCUT2D eigenvalue weighted by molar-refractivity contribution is 5.78. The van der Waals surface area contributed by atoms with E-state index in [0.717, 1.165) is 12.8 Å². The van der Waals surface area contributed by atoms with Crippen LogP contribution in [0.5, 0.6) is 0 Å². The van der Waals surface area contributed by atoms with Gasteiger partial charge in [0.1, 0.15) is 0 Å². The third kappa shape index (κ3) is 9.05. The van der Waals surface area contributed by atoms with Gasteiger partial charge in [-0.25, -0.2) is 4.79 Å². The van der Waals surface area contributed by atoms with Crippen molar-refractivity contribution >= 4 is 11.9 Å². The minimum absolute atomic E-state index is 0.0358. The van der Waals surface area contributed by atoms with Gasteiger partial charge in [0, 0.05) is 26.1 Å². The summed E-state index contributed by atoms with van der Waals surface area (Å²) in [7, 11) is 0. The van der Waals surface area contributed by atoms with Crippen molar-refractivity contribution < 1.29 is 9.59 Å². The molecule has 15 heavy (non-hydrogen) atoms. The third-order valence-electron chi connectivity index (χ3n) is 1.83. The van der Waals surface area contributed by atoms with Gasteiger partial charge in [-0.1, -0.05) is 13.3 Å². The zero-order valence-electron chi connectivity index (χ0n) is 9.56. The molecule has 0 aliphatic heterocycles. The summed E-state index contributed by atoms with van der Waals surface area (Å²) in [5.41, 5.74) is 0. The Balaban J connectivity index is 3.34. The zero-order chi connectivity index (χ0) is 11.5. The molecule has 0 atom stereocenters. The first kappa shape index (κ1) is 13.7. The van der Waals surface area contributed by atoms with Crippen LogP contribution in [0, 0.1) is 0 Å². The first-order chi connectivity index (χ1) is 7.20. The van der Waals surface area contributed by atoms with E-state index in [2.05, 4.69) is 22.9 Å². The van der Waals surface area contributed by atoms with Crippen molar-refractivity contribution in [2.24, 2.45) is 0 Å². The van der Waals surface area contributed by atoms with Crippen LogP contribution in [0.15, 0.2) is 0 Å². The van der Waals surface area contributed by atoms with Crippen molar-refractivity contribution in [3.63, 3.8) is 0 Å². The van der Waals surface area contributed by atoms with E-state index in [9.17, 15) is 9.59 Å². The van der Waals surface area contributed by atoms with Crippen LogP contribution in [-0.4, -0.2) is 31.6 Å². The van der Waals surface area contributed by atoms with Gasteiger partial charge in [-0.15, -0.1) is 0 Å². The first-order valence-corrected chi connectivity index (χ1v) is 5.49. The van der Waals surface area contributed by atoms with Gasteiger partial charge in [0.05, 0.1) is 0 Å². The van der Waals surface area contributed by atoms with Crippen LogP contribution in [0.2, 0.25) is 0 Å². The molecule has 0 radical (unpaired) electrons. The van der Waals surface area contributed by atoms with Gasteiger partial charge in [-0.05, 0) is 13.3 Å². The fraction of sp³-hybridized carbons (Fsp3) is 0.800. The predicted molar refractivity (Wildman–Crippen MR) is 59.6 cm³/mol. The summed E-state index contributed by atoms with van der Waals surface area (Å²) in [6.07, 6.45) is 2.36. The second kappa shape index (κ2) is 9.30. The standard InChI is InChI=1S/C10H21N3O2/c1-3-5-7-12-10(15)13-8-6-9(14)11-4-2/h3-8H2,1-2H3,(H,11,14)(H2,12,13,15). The number of amides is 3. The zero-order valence-corrected chi connectivity index (χ0v) is 9.56. The molecule has 0 saturated heterocycles. The molecule has 5 nitrogen and oxygen atoms in total. The largest absolute Gasteiger partial charge is 0.356 e. The maximum Gasteiger partial charge on any atom is 0.314 e. The number of carbonyl (C=O) groups excluding carboxylic acids is 2. The molecule has 5 heteroatoms. The van der Waals surface area contributed by atoms with Crippen LogP contribution in [0.4, 0.5) is 4.79 Å². The quantitative estimate of drug-likeness (QED) is 0.545. The average molecular weight is 215 g/mol. The molecule has 0 fully saturated rings.